The zero-order valence-electron chi connectivity index (χ0n) is 13.1. The highest BCUT2D eigenvalue weighted by Crippen LogP contribution is 2.23. The molecule has 2 rings (SSSR count). The molecule has 3 nitrogen and oxygen atoms in total. The maximum Gasteiger partial charge on any atom is 0.225 e. The van der Waals surface area contributed by atoms with E-state index in [1.54, 1.807) is 13.0 Å². The predicted octanol–water partition coefficient (Wildman–Crippen LogP) is 3.99. The van der Waals surface area contributed by atoms with Crippen LogP contribution in [0.3, 0.4) is 0 Å². The van der Waals surface area contributed by atoms with Crippen LogP contribution in [0.4, 0.5) is 4.39 Å². The minimum Gasteiger partial charge on any atom is -0.349 e. The van der Waals surface area contributed by atoms with Crippen LogP contribution >= 0.6 is 11.6 Å². The molecule has 2 aromatic rings. The third kappa shape index (κ3) is 4.30. The first-order valence-corrected chi connectivity index (χ1v) is 7.83. The van der Waals surface area contributed by atoms with E-state index in [2.05, 4.69) is 5.32 Å². The number of halogens is 2. The standard InChI is InChI=1S/C18H20ClFN2O/c1-11(17(21)13-6-4-3-5-7-13)18(23)22-12(2)14-8-9-16(20)15(19)10-14/h3-12,17H,21H2,1-2H3,(H,22,23). The van der Waals surface area contributed by atoms with Crippen LogP contribution < -0.4 is 11.1 Å². The molecule has 0 spiro atoms. The summed E-state index contributed by atoms with van der Waals surface area (Å²) in [5, 5.41) is 2.93. The highest BCUT2D eigenvalue weighted by molar-refractivity contribution is 6.30. The second-order valence-corrected chi connectivity index (χ2v) is 6.04. The van der Waals surface area contributed by atoms with Gasteiger partial charge in [-0.05, 0) is 30.2 Å². The van der Waals surface area contributed by atoms with Crippen LogP contribution in [0, 0.1) is 11.7 Å². The van der Waals surface area contributed by atoms with Gasteiger partial charge >= 0.3 is 0 Å². The smallest absolute Gasteiger partial charge is 0.225 e. The molecule has 0 aliphatic heterocycles. The summed E-state index contributed by atoms with van der Waals surface area (Å²) in [5.41, 5.74) is 7.82. The SMILES string of the molecule is CC(NC(=O)C(C)C(N)c1ccccc1)c1ccc(F)c(Cl)c1. The number of nitrogens with one attached hydrogen (secondary N) is 1. The fourth-order valence-electron chi connectivity index (χ4n) is 2.34. The van der Waals surface area contributed by atoms with Crippen LogP contribution in [0.25, 0.3) is 0 Å². The minimum atomic E-state index is -0.478. The summed E-state index contributed by atoms with van der Waals surface area (Å²) < 4.78 is 13.2. The Morgan fingerprint density at radius 3 is 2.39 bits per heavy atom. The van der Waals surface area contributed by atoms with Crippen molar-refractivity contribution in [3.05, 3.63) is 70.5 Å². The van der Waals surface area contributed by atoms with Gasteiger partial charge in [-0.3, -0.25) is 4.79 Å². The minimum absolute atomic E-state index is 0.0395. The topological polar surface area (TPSA) is 55.1 Å². The third-order valence-corrected chi connectivity index (χ3v) is 4.23. The summed E-state index contributed by atoms with van der Waals surface area (Å²) in [6.07, 6.45) is 0. The van der Waals surface area contributed by atoms with Crippen molar-refractivity contribution in [2.24, 2.45) is 11.7 Å². The van der Waals surface area contributed by atoms with Crippen molar-refractivity contribution >= 4 is 17.5 Å². The molecule has 0 bridgehead atoms. The van der Waals surface area contributed by atoms with E-state index >= 15 is 0 Å². The Morgan fingerprint density at radius 1 is 1.13 bits per heavy atom. The molecular weight excluding hydrogens is 315 g/mol. The van der Waals surface area contributed by atoms with Gasteiger partial charge < -0.3 is 11.1 Å². The van der Waals surface area contributed by atoms with Gasteiger partial charge in [0.1, 0.15) is 5.82 Å². The third-order valence-electron chi connectivity index (χ3n) is 3.94. The van der Waals surface area contributed by atoms with Crippen LogP contribution in [0.5, 0.6) is 0 Å². The molecule has 0 aromatic heterocycles. The number of benzene rings is 2. The van der Waals surface area contributed by atoms with Crippen molar-refractivity contribution < 1.29 is 9.18 Å². The van der Waals surface area contributed by atoms with Gasteiger partial charge in [-0.25, -0.2) is 4.39 Å². The Bertz CT molecular complexity index is 678. The molecule has 0 saturated carbocycles. The first-order valence-electron chi connectivity index (χ1n) is 7.46. The molecule has 0 fully saturated rings. The zero-order chi connectivity index (χ0) is 17.0. The van der Waals surface area contributed by atoms with Crippen LogP contribution in [0.1, 0.15) is 37.1 Å². The average molecular weight is 335 g/mol. The van der Waals surface area contributed by atoms with Gasteiger partial charge in [0.25, 0.3) is 0 Å². The Labute approximate surface area is 140 Å². The quantitative estimate of drug-likeness (QED) is 0.868. The lowest BCUT2D eigenvalue weighted by atomic mass is 9.94. The first-order chi connectivity index (χ1) is 10.9. The number of amides is 1. The van der Waals surface area contributed by atoms with Crippen molar-refractivity contribution in [2.45, 2.75) is 25.9 Å². The normalized spacial score (nSPS) is 14.8. The molecule has 0 saturated heterocycles. The van der Waals surface area contributed by atoms with Gasteiger partial charge in [-0.1, -0.05) is 54.9 Å². The molecule has 1 amide bonds. The summed E-state index contributed by atoms with van der Waals surface area (Å²) in [6, 6.07) is 13.2. The maximum absolute atomic E-state index is 13.2. The van der Waals surface area contributed by atoms with Gasteiger partial charge in [0, 0.05) is 6.04 Å². The molecule has 0 radical (unpaired) electrons. The first kappa shape index (κ1) is 17.4. The molecule has 0 heterocycles. The molecule has 23 heavy (non-hydrogen) atoms. The Morgan fingerprint density at radius 2 is 1.78 bits per heavy atom. The largest absolute Gasteiger partial charge is 0.349 e. The number of carbonyl (C=O) groups is 1. The van der Waals surface area contributed by atoms with Crippen LogP contribution in [-0.4, -0.2) is 5.91 Å². The van der Waals surface area contributed by atoms with Crippen molar-refractivity contribution in [2.75, 3.05) is 0 Å². The lowest BCUT2D eigenvalue weighted by Crippen LogP contribution is -2.36. The summed E-state index contributed by atoms with van der Waals surface area (Å²) in [7, 11) is 0. The second-order valence-electron chi connectivity index (χ2n) is 5.63. The summed E-state index contributed by atoms with van der Waals surface area (Å²) in [6.45, 7) is 3.61. The lowest BCUT2D eigenvalue weighted by Gasteiger charge is -2.22. The molecule has 0 aliphatic rings. The average Bonchev–Trinajstić information content (AvgIpc) is 2.56. The maximum atomic E-state index is 13.2. The predicted molar refractivity (Wildman–Crippen MR) is 90.5 cm³/mol. The Hall–Kier alpha value is -1.91. The van der Waals surface area contributed by atoms with Gasteiger partial charge in [0.2, 0.25) is 5.91 Å². The lowest BCUT2D eigenvalue weighted by molar-refractivity contribution is -0.125. The molecular formula is C18H20ClFN2O. The number of nitrogens with two attached hydrogens (primary N) is 1. The molecule has 0 aliphatic carbocycles. The Kier molecular flexibility index (Phi) is 5.74. The van der Waals surface area contributed by atoms with E-state index < -0.39 is 11.7 Å². The number of rotatable bonds is 5. The van der Waals surface area contributed by atoms with Crippen molar-refractivity contribution in [1.29, 1.82) is 0 Å². The number of hydrogen-bond acceptors (Lipinski definition) is 2. The second kappa shape index (κ2) is 7.57. The number of carbonyl (C=O) groups excluding carboxylic acids is 1. The van der Waals surface area contributed by atoms with E-state index in [4.69, 9.17) is 17.3 Å². The van der Waals surface area contributed by atoms with Crippen molar-refractivity contribution in [3.8, 4) is 0 Å². The van der Waals surface area contributed by atoms with E-state index in [9.17, 15) is 9.18 Å². The highest BCUT2D eigenvalue weighted by Gasteiger charge is 2.23. The molecule has 3 atom stereocenters. The molecule has 3 N–H and O–H groups in total. The van der Waals surface area contributed by atoms with Gasteiger partial charge in [-0.15, -0.1) is 0 Å². The van der Waals surface area contributed by atoms with Gasteiger partial charge in [0.05, 0.1) is 17.0 Å². The molecule has 3 unspecified atom stereocenters. The van der Waals surface area contributed by atoms with E-state index in [0.717, 1.165) is 11.1 Å². The Balaban J connectivity index is 2.04. The summed E-state index contributed by atoms with van der Waals surface area (Å²) in [5.74, 6) is -1.03. The monoisotopic (exact) mass is 334 g/mol. The van der Waals surface area contributed by atoms with Crippen LogP contribution in [0.15, 0.2) is 48.5 Å². The molecule has 5 heteroatoms. The fourth-order valence-corrected chi connectivity index (χ4v) is 2.53. The van der Waals surface area contributed by atoms with E-state index in [-0.39, 0.29) is 23.0 Å². The van der Waals surface area contributed by atoms with E-state index in [0.29, 0.717) is 0 Å². The summed E-state index contributed by atoms with van der Waals surface area (Å²) in [4.78, 5) is 12.4. The summed E-state index contributed by atoms with van der Waals surface area (Å²) >= 11 is 5.78. The van der Waals surface area contributed by atoms with E-state index in [1.807, 2.05) is 37.3 Å². The van der Waals surface area contributed by atoms with Crippen molar-refractivity contribution in [1.82, 2.24) is 5.32 Å². The zero-order valence-corrected chi connectivity index (χ0v) is 13.8. The molecule has 2 aromatic carbocycles. The molecule has 122 valence electrons. The van der Waals surface area contributed by atoms with Crippen LogP contribution in [0.2, 0.25) is 5.02 Å². The van der Waals surface area contributed by atoms with E-state index in [1.165, 1.54) is 12.1 Å². The van der Waals surface area contributed by atoms with Gasteiger partial charge in [0.15, 0.2) is 0 Å². The van der Waals surface area contributed by atoms with Crippen LogP contribution in [-0.2, 0) is 4.79 Å². The van der Waals surface area contributed by atoms with Crippen molar-refractivity contribution in [3.63, 3.8) is 0 Å². The highest BCUT2D eigenvalue weighted by atomic mass is 35.5. The fraction of sp³-hybridized carbons (Fsp3) is 0.278. The number of hydrogen-bond donors (Lipinski definition) is 2. The van der Waals surface area contributed by atoms with Gasteiger partial charge in [-0.2, -0.15) is 0 Å².